The molecule has 1 unspecified atom stereocenters. The highest BCUT2D eigenvalue weighted by Gasteiger charge is 2.27. The molecule has 0 heterocycles. The fraction of sp³-hybridized carbons (Fsp3) is 1.00. The van der Waals surface area contributed by atoms with Crippen molar-refractivity contribution < 1.29 is 0 Å². The summed E-state index contributed by atoms with van der Waals surface area (Å²) in [6.07, 6.45) is 2.82. The minimum atomic E-state index is 0.621. The van der Waals surface area contributed by atoms with Gasteiger partial charge in [0.05, 0.1) is 0 Å². The van der Waals surface area contributed by atoms with Crippen molar-refractivity contribution in [3.8, 4) is 0 Å². The van der Waals surface area contributed by atoms with Crippen molar-refractivity contribution in [2.24, 2.45) is 17.6 Å². The smallest absolute Gasteiger partial charge is 0.0110 e. The molecule has 0 aromatic heterocycles. The first-order valence-electron chi connectivity index (χ1n) is 6.83. The number of rotatable bonds is 9. The Morgan fingerprint density at radius 2 is 2.06 bits per heavy atom. The molecule has 3 heteroatoms. The largest absolute Gasteiger partial charge is 0.330 e. The molecule has 0 aromatic rings. The maximum absolute atomic E-state index is 5.75. The Bertz CT molecular complexity index is 166. The molecule has 1 rings (SSSR count). The second-order valence-electron chi connectivity index (χ2n) is 5.30. The molecule has 96 valence electrons. The van der Waals surface area contributed by atoms with E-state index >= 15 is 0 Å². The molecule has 0 radical (unpaired) electrons. The van der Waals surface area contributed by atoms with E-state index in [-0.39, 0.29) is 0 Å². The molecule has 0 spiro atoms. The minimum absolute atomic E-state index is 0.621. The highest BCUT2D eigenvalue weighted by Crippen LogP contribution is 2.25. The Morgan fingerprint density at radius 3 is 2.50 bits per heavy atom. The van der Waals surface area contributed by atoms with E-state index < -0.39 is 0 Å². The molecule has 0 amide bonds. The normalized spacial score (nSPS) is 18.4. The van der Waals surface area contributed by atoms with Crippen LogP contribution in [0.25, 0.3) is 0 Å². The summed E-state index contributed by atoms with van der Waals surface area (Å²) in [6, 6.07) is 0.891. The quantitative estimate of drug-likeness (QED) is 0.583. The molecule has 3 nitrogen and oxygen atoms in total. The summed E-state index contributed by atoms with van der Waals surface area (Å²) < 4.78 is 0. The number of hydrogen-bond donors (Lipinski definition) is 2. The standard InChI is InChI=1S/C13H29N3/c1-4-16(13-5-6-13)8-7-15-10-12(9-14)11(2)3/h11-13,15H,4-10,14H2,1-3H3. The Kier molecular flexibility index (Phi) is 6.32. The van der Waals surface area contributed by atoms with Crippen LogP contribution in [0, 0.1) is 11.8 Å². The van der Waals surface area contributed by atoms with Gasteiger partial charge in [0.1, 0.15) is 0 Å². The van der Waals surface area contributed by atoms with Gasteiger partial charge in [0.25, 0.3) is 0 Å². The first-order chi connectivity index (χ1) is 7.69. The van der Waals surface area contributed by atoms with Gasteiger partial charge in [-0.05, 0) is 44.3 Å². The van der Waals surface area contributed by atoms with E-state index in [1.807, 2.05) is 0 Å². The molecule has 1 aliphatic carbocycles. The van der Waals surface area contributed by atoms with Gasteiger partial charge in [-0.15, -0.1) is 0 Å². The number of likely N-dealkylation sites (N-methyl/N-ethyl adjacent to an activating group) is 1. The zero-order chi connectivity index (χ0) is 12.0. The second kappa shape index (κ2) is 7.25. The monoisotopic (exact) mass is 227 g/mol. The Hall–Kier alpha value is -0.120. The predicted molar refractivity (Wildman–Crippen MR) is 70.5 cm³/mol. The van der Waals surface area contributed by atoms with Gasteiger partial charge in [-0.3, -0.25) is 4.90 Å². The molecular weight excluding hydrogens is 198 g/mol. The third-order valence-electron chi connectivity index (χ3n) is 3.70. The van der Waals surface area contributed by atoms with E-state index in [0.29, 0.717) is 11.8 Å². The average Bonchev–Trinajstić information content (AvgIpc) is 3.07. The maximum Gasteiger partial charge on any atom is 0.0110 e. The fourth-order valence-electron chi connectivity index (χ4n) is 2.14. The lowest BCUT2D eigenvalue weighted by Gasteiger charge is -2.22. The van der Waals surface area contributed by atoms with Crippen LogP contribution in [0.3, 0.4) is 0 Å². The maximum atomic E-state index is 5.75. The molecule has 0 aromatic carbocycles. The summed E-state index contributed by atoms with van der Waals surface area (Å²) in [5.41, 5.74) is 5.75. The third-order valence-corrected chi connectivity index (χ3v) is 3.70. The van der Waals surface area contributed by atoms with E-state index in [9.17, 15) is 0 Å². The van der Waals surface area contributed by atoms with E-state index in [4.69, 9.17) is 5.73 Å². The van der Waals surface area contributed by atoms with Crippen LogP contribution in [-0.2, 0) is 0 Å². The van der Waals surface area contributed by atoms with Crippen LogP contribution in [0.2, 0.25) is 0 Å². The van der Waals surface area contributed by atoms with Crippen molar-refractivity contribution >= 4 is 0 Å². The molecule has 0 aliphatic heterocycles. The summed E-state index contributed by atoms with van der Waals surface area (Å²) >= 11 is 0. The van der Waals surface area contributed by atoms with Gasteiger partial charge in [-0.2, -0.15) is 0 Å². The highest BCUT2D eigenvalue weighted by molar-refractivity contribution is 4.84. The SMILES string of the molecule is CCN(CCNCC(CN)C(C)C)C1CC1. The van der Waals surface area contributed by atoms with Gasteiger partial charge in [0.2, 0.25) is 0 Å². The van der Waals surface area contributed by atoms with Crippen LogP contribution in [0.5, 0.6) is 0 Å². The number of nitrogens with one attached hydrogen (secondary N) is 1. The Morgan fingerprint density at radius 1 is 1.38 bits per heavy atom. The molecule has 0 bridgehead atoms. The second-order valence-corrected chi connectivity index (χ2v) is 5.30. The van der Waals surface area contributed by atoms with Gasteiger partial charge in [0.15, 0.2) is 0 Å². The molecular formula is C13H29N3. The first-order valence-corrected chi connectivity index (χ1v) is 6.83. The van der Waals surface area contributed by atoms with Crippen LogP contribution >= 0.6 is 0 Å². The molecule has 1 aliphatic rings. The molecule has 0 saturated heterocycles. The van der Waals surface area contributed by atoms with Crippen LogP contribution in [0.15, 0.2) is 0 Å². The molecule has 1 saturated carbocycles. The van der Waals surface area contributed by atoms with Crippen LogP contribution in [-0.4, -0.2) is 43.7 Å². The molecule has 1 fully saturated rings. The summed E-state index contributed by atoms with van der Waals surface area (Å²) in [5, 5.41) is 3.54. The van der Waals surface area contributed by atoms with E-state index in [1.165, 1.54) is 25.9 Å². The van der Waals surface area contributed by atoms with Crippen LogP contribution in [0.4, 0.5) is 0 Å². The number of nitrogens with two attached hydrogens (primary N) is 1. The van der Waals surface area contributed by atoms with Gasteiger partial charge < -0.3 is 11.1 Å². The van der Waals surface area contributed by atoms with Gasteiger partial charge >= 0.3 is 0 Å². The summed E-state index contributed by atoms with van der Waals surface area (Å²) in [4.78, 5) is 2.58. The van der Waals surface area contributed by atoms with Crippen molar-refractivity contribution in [1.29, 1.82) is 0 Å². The van der Waals surface area contributed by atoms with Crippen molar-refractivity contribution in [1.82, 2.24) is 10.2 Å². The predicted octanol–water partition coefficient (Wildman–Crippen LogP) is 1.29. The molecule has 3 N–H and O–H groups in total. The summed E-state index contributed by atoms with van der Waals surface area (Å²) in [6.45, 7) is 12.1. The van der Waals surface area contributed by atoms with Crippen molar-refractivity contribution in [2.75, 3.05) is 32.7 Å². The van der Waals surface area contributed by atoms with E-state index in [2.05, 4.69) is 31.0 Å². The highest BCUT2D eigenvalue weighted by atomic mass is 15.2. The zero-order valence-electron chi connectivity index (χ0n) is 11.2. The lowest BCUT2D eigenvalue weighted by molar-refractivity contribution is 0.270. The lowest BCUT2D eigenvalue weighted by Crippen LogP contribution is -2.37. The molecule has 16 heavy (non-hydrogen) atoms. The zero-order valence-corrected chi connectivity index (χ0v) is 11.2. The van der Waals surface area contributed by atoms with E-state index in [1.54, 1.807) is 0 Å². The fourth-order valence-corrected chi connectivity index (χ4v) is 2.14. The Balaban J connectivity index is 2.05. The molecule has 1 atom stereocenters. The minimum Gasteiger partial charge on any atom is -0.330 e. The van der Waals surface area contributed by atoms with Crippen LogP contribution < -0.4 is 11.1 Å². The van der Waals surface area contributed by atoms with Gasteiger partial charge in [-0.1, -0.05) is 20.8 Å². The van der Waals surface area contributed by atoms with Crippen LogP contribution in [0.1, 0.15) is 33.6 Å². The summed E-state index contributed by atoms with van der Waals surface area (Å²) in [7, 11) is 0. The summed E-state index contributed by atoms with van der Waals surface area (Å²) in [5.74, 6) is 1.30. The number of hydrogen-bond acceptors (Lipinski definition) is 3. The average molecular weight is 227 g/mol. The van der Waals surface area contributed by atoms with Crippen molar-refractivity contribution in [3.05, 3.63) is 0 Å². The first kappa shape index (κ1) is 13.9. The lowest BCUT2D eigenvalue weighted by atomic mass is 9.96. The number of nitrogens with zero attached hydrogens (tertiary/aromatic N) is 1. The van der Waals surface area contributed by atoms with Gasteiger partial charge in [0, 0.05) is 19.1 Å². The van der Waals surface area contributed by atoms with Crippen molar-refractivity contribution in [3.63, 3.8) is 0 Å². The topological polar surface area (TPSA) is 41.3 Å². The van der Waals surface area contributed by atoms with Gasteiger partial charge in [-0.25, -0.2) is 0 Å². The third kappa shape index (κ3) is 4.81. The van der Waals surface area contributed by atoms with E-state index in [0.717, 1.165) is 25.7 Å². The van der Waals surface area contributed by atoms with Crippen molar-refractivity contribution in [2.45, 2.75) is 39.7 Å². The Labute approximate surface area is 101 Å².